The fraction of sp³-hybridized carbons (Fsp3) is 0.364. The topological polar surface area (TPSA) is 99.7 Å². The maximum atomic E-state index is 12.2. The summed E-state index contributed by atoms with van der Waals surface area (Å²) in [4.78, 5) is 16.8. The van der Waals surface area contributed by atoms with Crippen LogP contribution in [0.3, 0.4) is 0 Å². The Morgan fingerprint density at radius 1 is 1.00 bits per heavy atom. The standard InChI is InChI=1S/C22H30N4O3S/c1-4-17-7-6-8-19(15-17)26-21(27)16-25-22(23-5-2)24-14-13-18-9-11-20(12-10-18)30(3,28)29/h6-12,15H,4-5,13-14,16H2,1-3H3,(H,26,27)(H2,23,24,25). The van der Waals surface area contributed by atoms with E-state index < -0.39 is 9.84 Å². The van der Waals surface area contributed by atoms with Gasteiger partial charge in [0.05, 0.1) is 4.90 Å². The van der Waals surface area contributed by atoms with Gasteiger partial charge in [-0.1, -0.05) is 31.2 Å². The van der Waals surface area contributed by atoms with Crippen LogP contribution in [0.25, 0.3) is 0 Å². The highest BCUT2D eigenvalue weighted by Crippen LogP contribution is 2.11. The number of nitrogens with one attached hydrogen (secondary N) is 3. The third-order valence-corrected chi connectivity index (χ3v) is 5.53. The molecule has 0 radical (unpaired) electrons. The Bertz CT molecular complexity index is 970. The Hall–Kier alpha value is -2.87. The molecule has 30 heavy (non-hydrogen) atoms. The molecule has 7 nitrogen and oxygen atoms in total. The lowest BCUT2D eigenvalue weighted by molar-refractivity contribution is -0.114. The first-order chi connectivity index (χ1) is 14.3. The third-order valence-electron chi connectivity index (χ3n) is 4.40. The van der Waals surface area contributed by atoms with E-state index in [0.717, 1.165) is 23.2 Å². The van der Waals surface area contributed by atoms with Crippen LogP contribution >= 0.6 is 0 Å². The van der Waals surface area contributed by atoms with Gasteiger partial charge in [0.25, 0.3) is 0 Å². The molecular weight excluding hydrogens is 400 g/mol. The molecule has 0 bridgehead atoms. The van der Waals surface area contributed by atoms with Crippen LogP contribution < -0.4 is 16.0 Å². The second-order valence-electron chi connectivity index (χ2n) is 6.89. The number of hydrogen-bond acceptors (Lipinski definition) is 4. The van der Waals surface area contributed by atoms with Crippen LogP contribution in [-0.2, 0) is 27.5 Å². The summed E-state index contributed by atoms with van der Waals surface area (Å²) in [6.07, 6.45) is 2.80. The molecule has 0 heterocycles. The lowest BCUT2D eigenvalue weighted by atomic mass is 10.1. The van der Waals surface area contributed by atoms with Crippen molar-refractivity contribution >= 4 is 27.4 Å². The van der Waals surface area contributed by atoms with Crippen LogP contribution in [-0.4, -0.2) is 46.2 Å². The number of rotatable bonds is 9. The van der Waals surface area contributed by atoms with Crippen LogP contribution in [0.15, 0.2) is 58.4 Å². The highest BCUT2D eigenvalue weighted by Gasteiger charge is 2.07. The number of hydrogen-bond donors (Lipinski definition) is 3. The molecule has 0 unspecified atom stereocenters. The number of guanidine groups is 1. The minimum absolute atomic E-state index is 0.00867. The predicted octanol–water partition coefficient (Wildman–Crippen LogP) is 2.39. The number of amides is 1. The van der Waals surface area contributed by atoms with E-state index in [1.54, 1.807) is 24.3 Å². The van der Waals surface area contributed by atoms with Gasteiger partial charge in [-0.3, -0.25) is 4.79 Å². The zero-order chi connectivity index (χ0) is 22.0. The van der Waals surface area contributed by atoms with E-state index in [1.165, 1.54) is 6.26 Å². The molecule has 0 aromatic heterocycles. The number of benzene rings is 2. The molecule has 0 aliphatic heterocycles. The summed E-state index contributed by atoms with van der Waals surface area (Å²) in [6.45, 7) is 5.31. The third kappa shape index (κ3) is 7.87. The lowest BCUT2D eigenvalue weighted by Crippen LogP contribution is -2.39. The molecule has 2 rings (SSSR count). The summed E-state index contributed by atoms with van der Waals surface area (Å²) in [6, 6.07) is 14.6. The summed E-state index contributed by atoms with van der Waals surface area (Å²) < 4.78 is 23.0. The Labute approximate surface area is 178 Å². The van der Waals surface area contributed by atoms with E-state index in [-0.39, 0.29) is 12.5 Å². The molecule has 0 aliphatic rings. The quantitative estimate of drug-likeness (QED) is 0.419. The first-order valence-corrected chi connectivity index (χ1v) is 11.9. The van der Waals surface area contributed by atoms with Crippen LogP contribution in [0.4, 0.5) is 5.69 Å². The van der Waals surface area contributed by atoms with Gasteiger partial charge in [0, 0.05) is 25.0 Å². The second-order valence-corrected chi connectivity index (χ2v) is 8.91. The average molecular weight is 431 g/mol. The van der Waals surface area contributed by atoms with Gasteiger partial charge in [-0.15, -0.1) is 0 Å². The smallest absolute Gasteiger partial charge is 0.246 e. The van der Waals surface area contributed by atoms with E-state index >= 15 is 0 Å². The Kier molecular flexibility index (Phi) is 8.86. The van der Waals surface area contributed by atoms with Gasteiger partial charge in [0.2, 0.25) is 5.91 Å². The molecule has 2 aromatic carbocycles. The maximum Gasteiger partial charge on any atom is 0.246 e. The van der Waals surface area contributed by atoms with Crippen molar-refractivity contribution in [3.8, 4) is 0 Å². The average Bonchev–Trinajstić information content (AvgIpc) is 2.72. The van der Waals surface area contributed by atoms with Crippen molar-refractivity contribution in [2.75, 3.05) is 31.2 Å². The minimum atomic E-state index is -3.19. The fourth-order valence-corrected chi connectivity index (χ4v) is 3.42. The first-order valence-electron chi connectivity index (χ1n) is 10.0. The van der Waals surface area contributed by atoms with Gasteiger partial charge in [-0.05, 0) is 55.2 Å². The molecule has 0 saturated carbocycles. The van der Waals surface area contributed by atoms with Crippen molar-refractivity contribution in [1.82, 2.24) is 10.6 Å². The van der Waals surface area contributed by atoms with Crippen molar-refractivity contribution < 1.29 is 13.2 Å². The Morgan fingerprint density at radius 3 is 2.37 bits per heavy atom. The van der Waals surface area contributed by atoms with E-state index in [4.69, 9.17) is 0 Å². The number of nitrogens with zero attached hydrogens (tertiary/aromatic N) is 1. The minimum Gasteiger partial charge on any atom is -0.357 e. The van der Waals surface area contributed by atoms with Crippen LogP contribution in [0.1, 0.15) is 25.0 Å². The van der Waals surface area contributed by atoms with Crippen molar-refractivity contribution in [3.05, 3.63) is 59.7 Å². The fourth-order valence-electron chi connectivity index (χ4n) is 2.79. The van der Waals surface area contributed by atoms with Crippen LogP contribution in [0, 0.1) is 0 Å². The first kappa shape index (κ1) is 23.4. The summed E-state index contributed by atoms with van der Waals surface area (Å²) >= 11 is 0. The van der Waals surface area contributed by atoms with Crippen LogP contribution in [0.2, 0.25) is 0 Å². The number of anilines is 1. The molecule has 3 N–H and O–H groups in total. The molecule has 0 fully saturated rings. The normalized spacial score (nSPS) is 11.8. The van der Waals surface area contributed by atoms with Crippen molar-refractivity contribution in [2.45, 2.75) is 31.6 Å². The number of carbonyl (C=O) groups is 1. The summed E-state index contributed by atoms with van der Waals surface area (Å²) in [5.41, 5.74) is 2.94. The zero-order valence-electron chi connectivity index (χ0n) is 17.7. The largest absolute Gasteiger partial charge is 0.357 e. The zero-order valence-corrected chi connectivity index (χ0v) is 18.6. The van der Waals surface area contributed by atoms with E-state index in [2.05, 4.69) is 27.9 Å². The molecule has 0 spiro atoms. The number of carbonyl (C=O) groups excluding carboxylic acids is 1. The number of aryl methyl sites for hydroxylation is 1. The highest BCUT2D eigenvalue weighted by atomic mass is 32.2. The van der Waals surface area contributed by atoms with Crippen molar-refractivity contribution in [2.24, 2.45) is 4.99 Å². The monoisotopic (exact) mass is 430 g/mol. The molecule has 0 atom stereocenters. The van der Waals surface area contributed by atoms with E-state index in [1.807, 2.05) is 31.2 Å². The van der Waals surface area contributed by atoms with Gasteiger partial charge in [-0.2, -0.15) is 0 Å². The van der Waals surface area contributed by atoms with Crippen LogP contribution in [0.5, 0.6) is 0 Å². The van der Waals surface area contributed by atoms with E-state index in [9.17, 15) is 13.2 Å². The van der Waals surface area contributed by atoms with Gasteiger partial charge >= 0.3 is 0 Å². The Balaban J connectivity index is 1.86. The van der Waals surface area contributed by atoms with Crippen molar-refractivity contribution in [1.29, 1.82) is 0 Å². The second kappa shape index (κ2) is 11.3. The number of aliphatic imine (C=N–C) groups is 1. The van der Waals surface area contributed by atoms with Gasteiger partial charge in [-0.25, -0.2) is 13.4 Å². The van der Waals surface area contributed by atoms with Gasteiger partial charge < -0.3 is 16.0 Å². The molecule has 1 amide bonds. The summed E-state index contributed by atoms with van der Waals surface area (Å²) in [7, 11) is -3.19. The molecule has 8 heteroatoms. The predicted molar refractivity (Wildman–Crippen MR) is 122 cm³/mol. The number of sulfone groups is 1. The molecular formula is C22H30N4O3S. The van der Waals surface area contributed by atoms with Crippen molar-refractivity contribution in [3.63, 3.8) is 0 Å². The van der Waals surface area contributed by atoms with Gasteiger partial charge in [0.1, 0.15) is 6.54 Å². The molecule has 2 aromatic rings. The van der Waals surface area contributed by atoms with E-state index in [0.29, 0.717) is 30.4 Å². The molecule has 162 valence electrons. The lowest BCUT2D eigenvalue weighted by Gasteiger charge is -2.12. The highest BCUT2D eigenvalue weighted by molar-refractivity contribution is 7.90. The summed E-state index contributed by atoms with van der Waals surface area (Å²) in [5.74, 6) is 0.375. The van der Waals surface area contributed by atoms with Gasteiger partial charge in [0.15, 0.2) is 15.8 Å². The maximum absolute atomic E-state index is 12.2. The summed E-state index contributed by atoms with van der Waals surface area (Å²) in [5, 5.41) is 9.17. The Morgan fingerprint density at radius 2 is 1.73 bits per heavy atom. The molecule has 0 saturated heterocycles. The SMILES string of the molecule is CCNC(=NCC(=O)Nc1cccc(CC)c1)NCCc1ccc(S(C)(=O)=O)cc1. The molecule has 0 aliphatic carbocycles.